The van der Waals surface area contributed by atoms with Gasteiger partial charge in [0.1, 0.15) is 0 Å². The molecule has 3 aromatic rings. The van der Waals surface area contributed by atoms with Crippen LogP contribution in [0, 0.1) is 0 Å². The van der Waals surface area contributed by atoms with E-state index in [-0.39, 0.29) is 5.91 Å². The van der Waals surface area contributed by atoms with E-state index in [0.29, 0.717) is 16.8 Å². The highest BCUT2D eigenvalue weighted by Crippen LogP contribution is 2.22. The van der Waals surface area contributed by atoms with Gasteiger partial charge in [-0.2, -0.15) is 4.68 Å². The van der Waals surface area contributed by atoms with Crippen LogP contribution in [0.4, 0.5) is 5.69 Å². The van der Waals surface area contributed by atoms with Crippen molar-refractivity contribution in [1.29, 1.82) is 0 Å². The fourth-order valence-electron chi connectivity index (χ4n) is 3.50. The number of nitrogens with zero attached hydrogens (tertiary/aromatic N) is 6. The zero-order chi connectivity index (χ0) is 20.9. The predicted octanol–water partition coefficient (Wildman–Crippen LogP) is 3.23. The van der Waals surface area contributed by atoms with Crippen molar-refractivity contribution in [2.24, 2.45) is 0 Å². The molecule has 156 valence electrons. The highest BCUT2D eigenvalue weighted by Gasteiger charge is 2.22. The van der Waals surface area contributed by atoms with Crippen molar-refractivity contribution >= 4 is 23.4 Å². The zero-order valence-electron chi connectivity index (χ0n) is 17.3. The maximum absolute atomic E-state index is 12.7. The molecule has 0 saturated carbocycles. The van der Waals surface area contributed by atoms with E-state index in [0.717, 1.165) is 31.9 Å². The number of benzene rings is 2. The molecule has 30 heavy (non-hydrogen) atoms. The van der Waals surface area contributed by atoms with Crippen LogP contribution in [0.1, 0.15) is 25.3 Å². The van der Waals surface area contributed by atoms with Crippen LogP contribution < -0.4 is 4.90 Å². The Morgan fingerprint density at radius 3 is 2.33 bits per heavy atom. The van der Waals surface area contributed by atoms with Crippen LogP contribution in [0.2, 0.25) is 0 Å². The Morgan fingerprint density at radius 1 is 0.967 bits per heavy atom. The molecule has 7 nitrogen and oxygen atoms in total. The lowest BCUT2D eigenvalue weighted by atomic mass is 10.0. The summed E-state index contributed by atoms with van der Waals surface area (Å²) in [5.41, 5.74) is 3.38. The van der Waals surface area contributed by atoms with Gasteiger partial charge in [-0.1, -0.05) is 55.9 Å². The van der Waals surface area contributed by atoms with Crippen LogP contribution in [-0.4, -0.2) is 62.9 Å². The van der Waals surface area contributed by atoms with E-state index < -0.39 is 0 Å². The molecule has 0 radical (unpaired) electrons. The third kappa shape index (κ3) is 4.64. The van der Waals surface area contributed by atoms with E-state index in [1.165, 1.54) is 23.0 Å². The van der Waals surface area contributed by atoms with Crippen molar-refractivity contribution in [3.63, 3.8) is 0 Å². The molecule has 1 aliphatic rings. The molecule has 8 heteroatoms. The van der Waals surface area contributed by atoms with Crippen molar-refractivity contribution in [2.75, 3.05) is 36.8 Å². The van der Waals surface area contributed by atoms with Gasteiger partial charge in [0, 0.05) is 31.9 Å². The lowest BCUT2D eigenvalue weighted by molar-refractivity contribution is -0.128. The maximum atomic E-state index is 12.7. The molecule has 1 aliphatic heterocycles. The minimum Gasteiger partial charge on any atom is -0.368 e. The SMILES string of the molecule is CC(C)c1ccc(-n2nnnc2SCC(=O)N2CCN(c3ccccc3)CC2)cc1. The summed E-state index contributed by atoms with van der Waals surface area (Å²) in [5, 5.41) is 12.6. The van der Waals surface area contributed by atoms with Gasteiger partial charge < -0.3 is 9.80 Å². The minimum absolute atomic E-state index is 0.123. The summed E-state index contributed by atoms with van der Waals surface area (Å²) < 4.78 is 1.69. The molecule has 0 N–H and O–H groups in total. The molecule has 0 atom stereocenters. The van der Waals surface area contributed by atoms with Gasteiger partial charge >= 0.3 is 0 Å². The Labute approximate surface area is 181 Å². The van der Waals surface area contributed by atoms with E-state index >= 15 is 0 Å². The second-order valence-electron chi connectivity index (χ2n) is 7.61. The fourth-order valence-corrected chi connectivity index (χ4v) is 4.30. The lowest BCUT2D eigenvalue weighted by Gasteiger charge is -2.36. The summed E-state index contributed by atoms with van der Waals surface area (Å²) in [4.78, 5) is 17.0. The Kier molecular flexibility index (Phi) is 6.32. The van der Waals surface area contributed by atoms with Gasteiger partial charge in [-0.15, -0.1) is 5.10 Å². The van der Waals surface area contributed by atoms with Crippen molar-refractivity contribution in [2.45, 2.75) is 24.9 Å². The van der Waals surface area contributed by atoms with Gasteiger partial charge in [0.05, 0.1) is 11.4 Å². The fraction of sp³-hybridized carbons (Fsp3) is 0.364. The van der Waals surface area contributed by atoms with Crippen LogP contribution in [0.15, 0.2) is 59.8 Å². The summed E-state index contributed by atoms with van der Waals surface area (Å²) in [6, 6.07) is 18.5. The smallest absolute Gasteiger partial charge is 0.233 e. The summed E-state index contributed by atoms with van der Waals surface area (Å²) >= 11 is 1.38. The monoisotopic (exact) mass is 422 g/mol. The van der Waals surface area contributed by atoms with E-state index in [1.54, 1.807) is 4.68 Å². The Balaban J connectivity index is 1.32. The normalized spacial score (nSPS) is 14.4. The molecule has 0 aliphatic carbocycles. The van der Waals surface area contributed by atoms with Gasteiger partial charge in [0.2, 0.25) is 11.1 Å². The first-order valence-electron chi connectivity index (χ1n) is 10.2. The van der Waals surface area contributed by atoms with Gasteiger partial charge in [0.15, 0.2) is 0 Å². The molecular formula is C22H26N6OS. The number of hydrogen-bond acceptors (Lipinski definition) is 6. The number of para-hydroxylation sites is 1. The first-order chi connectivity index (χ1) is 14.6. The second-order valence-corrected chi connectivity index (χ2v) is 8.55. The standard InChI is InChI=1S/C22H26N6OS/c1-17(2)18-8-10-20(11-9-18)28-22(23-24-25-28)30-16-21(29)27-14-12-26(13-15-27)19-6-4-3-5-7-19/h3-11,17H,12-16H2,1-2H3. The molecule has 4 rings (SSSR count). The summed E-state index contributed by atoms with van der Waals surface area (Å²) in [6.45, 7) is 7.49. The van der Waals surface area contributed by atoms with E-state index in [4.69, 9.17) is 0 Å². The number of carbonyl (C=O) groups excluding carboxylic acids is 1. The first-order valence-corrected chi connectivity index (χ1v) is 11.2. The average Bonchev–Trinajstić information content (AvgIpc) is 3.27. The molecule has 0 unspecified atom stereocenters. The van der Waals surface area contributed by atoms with Crippen LogP contribution in [-0.2, 0) is 4.79 Å². The molecular weight excluding hydrogens is 396 g/mol. The van der Waals surface area contributed by atoms with Gasteiger partial charge in [-0.25, -0.2) is 0 Å². The maximum Gasteiger partial charge on any atom is 0.233 e. The molecule has 1 aromatic heterocycles. The molecule has 2 heterocycles. The van der Waals surface area contributed by atoms with Gasteiger partial charge in [-0.3, -0.25) is 4.79 Å². The van der Waals surface area contributed by atoms with Crippen molar-refractivity contribution < 1.29 is 4.79 Å². The van der Waals surface area contributed by atoms with E-state index in [1.807, 2.05) is 35.2 Å². The summed E-state index contributed by atoms with van der Waals surface area (Å²) in [7, 11) is 0. The quantitative estimate of drug-likeness (QED) is 0.568. The number of rotatable bonds is 6. The number of anilines is 1. The van der Waals surface area contributed by atoms with Gasteiger partial charge in [-0.05, 0) is 46.2 Å². The van der Waals surface area contributed by atoms with E-state index in [9.17, 15) is 4.79 Å². The number of tetrazole rings is 1. The lowest BCUT2D eigenvalue weighted by Crippen LogP contribution is -2.49. The number of carbonyl (C=O) groups is 1. The third-order valence-electron chi connectivity index (χ3n) is 5.32. The topological polar surface area (TPSA) is 67.2 Å². The van der Waals surface area contributed by atoms with Crippen LogP contribution in [0.3, 0.4) is 0 Å². The zero-order valence-corrected chi connectivity index (χ0v) is 18.1. The predicted molar refractivity (Wildman–Crippen MR) is 119 cm³/mol. The molecule has 2 aromatic carbocycles. The molecule has 1 amide bonds. The summed E-state index contributed by atoms with van der Waals surface area (Å²) in [6.07, 6.45) is 0. The molecule has 0 spiro atoms. The van der Waals surface area contributed by atoms with Crippen molar-refractivity contribution in [3.8, 4) is 5.69 Å². The third-order valence-corrected chi connectivity index (χ3v) is 6.23. The number of amides is 1. The number of piperazine rings is 1. The van der Waals surface area contributed by atoms with Crippen LogP contribution >= 0.6 is 11.8 Å². The van der Waals surface area contributed by atoms with Crippen LogP contribution in [0.5, 0.6) is 0 Å². The second kappa shape index (κ2) is 9.30. The number of aromatic nitrogens is 4. The summed E-state index contributed by atoms with van der Waals surface area (Å²) in [5.74, 6) is 0.926. The van der Waals surface area contributed by atoms with Crippen molar-refractivity contribution in [1.82, 2.24) is 25.1 Å². The van der Waals surface area contributed by atoms with E-state index in [2.05, 4.69) is 58.5 Å². The Hall–Kier alpha value is -2.87. The highest BCUT2D eigenvalue weighted by atomic mass is 32.2. The molecule has 1 fully saturated rings. The number of hydrogen-bond donors (Lipinski definition) is 0. The highest BCUT2D eigenvalue weighted by molar-refractivity contribution is 7.99. The van der Waals surface area contributed by atoms with Gasteiger partial charge in [0.25, 0.3) is 0 Å². The van der Waals surface area contributed by atoms with Crippen LogP contribution in [0.25, 0.3) is 5.69 Å². The molecule has 0 bridgehead atoms. The Morgan fingerprint density at radius 2 is 1.67 bits per heavy atom. The Bertz CT molecular complexity index is 965. The average molecular weight is 423 g/mol. The number of thioether (sulfide) groups is 1. The van der Waals surface area contributed by atoms with Crippen molar-refractivity contribution in [3.05, 3.63) is 60.2 Å². The largest absolute Gasteiger partial charge is 0.368 e. The molecule has 1 saturated heterocycles. The minimum atomic E-state index is 0.123. The first kappa shape index (κ1) is 20.4.